The van der Waals surface area contributed by atoms with Gasteiger partial charge in [-0.2, -0.15) is 4.31 Å². The van der Waals surface area contributed by atoms with E-state index >= 15 is 0 Å². The fourth-order valence-electron chi connectivity index (χ4n) is 3.34. The van der Waals surface area contributed by atoms with Crippen molar-refractivity contribution >= 4 is 27.3 Å². The van der Waals surface area contributed by atoms with E-state index in [1.807, 2.05) is 6.92 Å². The zero-order valence-electron chi connectivity index (χ0n) is 12.0. The molecule has 2 atom stereocenters. The third kappa shape index (κ3) is 2.65. The number of sulfonamides is 1. The molecule has 0 bridgehead atoms. The average molecular weight is 330 g/mol. The third-order valence-corrected chi connectivity index (χ3v) is 6.88. The number of fused-ring (bicyclic) bond motifs is 1. The van der Waals surface area contributed by atoms with Gasteiger partial charge in [0.25, 0.3) is 0 Å². The van der Waals surface area contributed by atoms with Crippen LogP contribution in [0, 0.1) is 0 Å². The molecule has 2 N–H and O–H groups in total. The minimum Gasteiger partial charge on any atom is -0.399 e. The Labute approximate surface area is 130 Å². The molecule has 2 saturated heterocycles. The zero-order valence-corrected chi connectivity index (χ0v) is 13.6. The van der Waals surface area contributed by atoms with Crippen molar-refractivity contribution < 1.29 is 8.42 Å². The number of anilines is 1. The first-order chi connectivity index (χ1) is 9.89. The van der Waals surface area contributed by atoms with Gasteiger partial charge in [-0.3, -0.25) is 4.90 Å². The highest BCUT2D eigenvalue weighted by atomic mass is 35.5. The number of hydrogen-bond donors (Lipinski definition) is 1. The summed E-state index contributed by atoms with van der Waals surface area (Å²) in [5, 5.41) is 0.227. The lowest BCUT2D eigenvalue weighted by atomic mass is 10.1. The van der Waals surface area contributed by atoms with Crippen LogP contribution in [0.25, 0.3) is 0 Å². The molecule has 0 spiro atoms. The van der Waals surface area contributed by atoms with E-state index in [0.29, 0.717) is 18.3 Å². The van der Waals surface area contributed by atoms with Gasteiger partial charge in [0.1, 0.15) is 4.90 Å². The summed E-state index contributed by atoms with van der Waals surface area (Å²) in [4.78, 5) is 2.50. The van der Waals surface area contributed by atoms with Gasteiger partial charge in [0.05, 0.1) is 5.02 Å². The molecule has 2 aliphatic heterocycles. The predicted octanol–water partition coefficient (Wildman–Crippen LogP) is 1.78. The number of rotatable bonds is 2. The van der Waals surface area contributed by atoms with Crippen molar-refractivity contribution in [3.8, 4) is 0 Å². The van der Waals surface area contributed by atoms with E-state index in [-0.39, 0.29) is 16.0 Å². The summed E-state index contributed by atoms with van der Waals surface area (Å²) in [6.45, 7) is 4.34. The largest absolute Gasteiger partial charge is 0.399 e. The molecule has 7 heteroatoms. The van der Waals surface area contributed by atoms with E-state index in [1.165, 1.54) is 6.07 Å². The second-order valence-electron chi connectivity index (χ2n) is 5.90. The van der Waals surface area contributed by atoms with Crippen LogP contribution < -0.4 is 5.73 Å². The van der Waals surface area contributed by atoms with Crippen LogP contribution in [0.3, 0.4) is 0 Å². The van der Waals surface area contributed by atoms with Gasteiger partial charge in [0, 0.05) is 30.9 Å². The second kappa shape index (κ2) is 5.43. The molecule has 1 aromatic carbocycles. The molecule has 3 rings (SSSR count). The van der Waals surface area contributed by atoms with Crippen molar-refractivity contribution in [3.05, 3.63) is 23.2 Å². The maximum absolute atomic E-state index is 12.9. The maximum atomic E-state index is 12.9. The van der Waals surface area contributed by atoms with E-state index in [1.54, 1.807) is 16.4 Å². The van der Waals surface area contributed by atoms with Crippen LogP contribution in [0.4, 0.5) is 5.69 Å². The van der Waals surface area contributed by atoms with Crippen LogP contribution in [0.1, 0.15) is 19.8 Å². The Morgan fingerprint density at radius 2 is 2.10 bits per heavy atom. The number of nitrogens with two attached hydrogens (primary N) is 1. The molecule has 0 saturated carbocycles. The molecule has 2 unspecified atom stereocenters. The molecular weight excluding hydrogens is 310 g/mol. The molecule has 0 aromatic heterocycles. The summed E-state index contributed by atoms with van der Waals surface area (Å²) in [5.41, 5.74) is 6.13. The number of benzene rings is 1. The van der Waals surface area contributed by atoms with Gasteiger partial charge in [-0.15, -0.1) is 0 Å². The topological polar surface area (TPSA) is 66.6 Å². The predicted molar refractivity (Wildman–Crippen MR) is 83.8 cm³/mol. The van der Waals surface area contributed by atoms with Crippen molar-refractivity contribution in [3.63, 3.8) is 0 Å². The fraction of sp³-hybridized carbons (Fsp3) is 0.571. The van der Waals surface area contributed by atoms with E-state index in [2.05, 4.69) is 4.90 Å². The highest BCUT2D eigenvalue weighted by molar-refractivity contribution is 7.89. The Bertz CT molecular complexity index is 650. The molecule has 0 aliphatic carbocycles. The van der Waals surface area contributed by atoms with Crippen molar-refractivity contribution in [2.45, 2.75) is 36.7 Å². The SMILES string of the molecule is CC1CN2CCCC2CN1S(=O)(=O)c1cc(N)ccc1Cl. The van der Waals surface area contributed by atoms with Crippen molar-refractivity contribution in [2.75, 3.05) is 25.4 Å². The standard InChI is InChI=1S/C14H20ClN3O2S/c1-10-8-17-6-2-3-12(17)9-18(10)21(19,20)14-7-11(16)4-5-13(14)15/h4-5,7,10,12H,2-3,6,8-9,16H2,1H3. The Morgan fingerprint density at radius 3 is 2.86 bits per heavy atom. The average Bonchev–Trinajstić information content (AvgIpc) is 2.87. The monoisotopic (exact) mass is 329 g/mol. The van der Waals surface area contributed by atoms with Gasteiger partial charge < -0.3 is 5.73 Å². The summed E-state index contributed by atoms with van der Waals surface area (Å²) in [6.07, 6.45) is 2.20. The molecule has 2 aliphatic rings. The molecule has 0 radical (unpaired) electrons. The van der Waals surface area contributed by atoms with Gasteiger partial charge in [-0.05, 0) is 44.5 Å². The van der Waals surface area contributed by atoms with Crippen LogP contribution in [-0.2, 0) is 10.0 Å². The first-order valence-corrected chi connectivity index (χ1v) is 9.02. The molecule has 0 amide bonds. The van der Waals surface area contributed by atoms with Crippen LogP contribution in [0.15, 0.2) is 23.1 Å². The minimum atomic E-state index is -3.61. The molecule has 2 heterocycles. The van der Waals surface area contributed by atoms with Gasteiger partial charge in [-0.25, -0.2) is 8.42 Å². The molecule has 1 aromatic rings. The summed E-state index contributed by atoms with van der Waals surface area (Å²) in [5.74, 6) is 0. The van der Waals surface area contributed by atoms with Crippen LogP contribution in [0.2, 0.25) is 5.02 Å². The number of halogens is 1. The van der Waals surface area contributed by atoms with Crippen LogP contribution >= 0.6 is 11.6 Å². The summed E-state index contributed by atoms with van der Waals surface area (Å²) in [6, 6.07) is 4.88. The fourth-order valence-corrected chi connectivity index (χ4v) is 5.51. The number of nitrogen functional groups attached to an aromatic ring is 1. The molecule has 21 heavy (non-hydrogen) atoms. The van der Waals surface area contributed by atoms with E-state index in [4.69, 9.17) is 17.3 Å². The van der Waals surface area contributed by atoms with Crippen LogP contribution in [-0.4, -0.2) is 49.3 Å². The molecule has 116 valence electrons. The Hall–Kier alpha value is -0.820. The first kappa shape index (κ1) is 15.1. The molecule has 2 fully saturated rings. The lowest BCUT2D eigenvalue weighted by molar-refractivity contribution is 0.117. The normalized spacial score (nSPS) is 27.7. The number of hydrogen-bond acceptors (Lipinski definition) is 4. The summed E-state index contributed by atoms with van der Waals surface area (Å²) in [7, 11) is -3.61. The lowest BCUT2D eigenvalue weighted by Gasteiger charge is -2.41. The maximum Gasteiger partial charge on any atom is 0.244 e. The van der Waals surface area contributed by atoms with Crippen molar-refractivity contribution in [1.29, 1.82) is 0 Å². The Balaban J connectivity index is 1.95. The van der Waals surface area contributed by atoms with Gasteiger partial charge in [-0.1, -0.05) is 11.6 Å². The van der Waals surface area contributed by atoms with E-state index in [0.717, 1.165) is 25.9 Å². The lowest BCUT2D eigenvalue weighted by Crippen LogP contribution is -2.56. The van der Waals surface area contributed by atoms with Crippen molar-refractivity contribution in [2.24, 2.45) is 0 Å². The minimum absolute atomic E-state index is 0.0538. The molecular formula is C14H20ClN3O2S. The third-order valence-electron chi connectivity index (χ3n) is 4.42. The first-order valence-electron chi connectivity index (χ1n) is 7.20. The zero-order chi connectivity index (χ0) is 15.2. The number of piperazine rings is 1. The van der Waals surface area contributed by atoms with Gasteiger partial charge in [0.15, 0.2) is 0 Å². The Kier molecular flexibility index (Phi) is 3.90. The van der Waals surface area contributed by atoms with E-state index < -0.39 is 10.0 Å². The second-order valence-corrected chi connectivity index (χ2v) is 8.17. The highest BCUT2D eigenvalue weighted by Crippen LogP contribution is 2.32. The van der Waals surface area contributed by atoms with E-state index in [9.17, 15) is 8.42 Å². The summed E-state index contributed by atoms with van der Waals surface area (Å²) >= 11 is 6.09. The van der Waals surface area contributed by atoms with Gasteiger partial charge >= 0.3 is 0 Å². The quantitative estimate of drug-likeness (QED) is 0.840. The highest BCUT2D eigenvalue weighted by Gasteiger charge is 2.40. The number of nitrogens with zero attached hydrogens (tertiary/aromatic N) is 2. The summed E-state index contributed by atoms with van der Waals surface area (Å²) < 4.78 is 27.4. The Morgan fingerprint density at radius 1 is 1.33 bits per heavy atom. The molecule has 5 nitrogen and oxygen atoms in total. The smallest absolute Gasteiger partial charge is 0.244 e. The van der Waals surface area contributed by atoms with Gasteiger partial charge in [0.2, 0.25) is 10.0 Å². The van der Waals surface area contributed by atoms with Crippen LogP contribution in [0.5, 0.6) is 0 Å². The van der Waals surface area contributed by atoms with Crippen molar-refractivity contribution in [1.82, 2.24) is 9.21 Å².